The number of benzene rings is 1. The van der Waals surface area contributed by atoms with Gasteiger partial charge in [-0.1, -0.05) is 13.0 Å². The average molecular weight is 228 g/mol. The molecule has 12 heavy (non-hydrogen) atoms. The number of hydrogen-bond acceptors (Lipinski definition) is 2. The predicted molar refractivity (Wildman–Crippen MR) is 53.3 cm³/mol. The Hall–Kier alpha value is -0.830. The summed E-state index contributed by atoms with van der Waals surface area (Å²) in [5, 5.41) is 0. The van der Waals surface area contributed by atoms with Crippen LogP contribution in [0.1, 0.15) is 22.8 Å². The molecule has 64 valence electrons. The van der Waals surface area contributed by atoms with Crippen molar-refractivity contribution >= 4 is 27.9 Å². The molecule has 1 rings (SSSR count). The van der Waals surface area contributed by atoms with Crippen LogP contribution in [0.3, 0.4) is 0 Å². The summed E-state index contributed by atoms with van der Waals surface area (Å²) in [5.41, 5.74) is 8.03. The third-order valence-electron chi connectivity index (χ3n) is 1.82. The van der Waals surface area contributed by atoms with Crippen molar-refractivity contribution in [3.63, 3.8) is 0 Å². The Bertz CT molecular complexity index is 310. The summed E-state index contributed by atoms with van der Waals surface area (Å²) in [6.07, 6.45) is 1.61. The number of carbonyl (C=O) groups excluding carboxylic acids is 1. The lowest BCUT2D eigenvalue weighted by atomic mass is 10.0. The van der Waals surface area contributed by atoms with Crippen LogP contribution in [-0.4, -0.2) is 6.29 Å². The summed E-state index contributed by atoms with van der Waals surface area (Å²) in [7, 11) is 0. The van der Waals surface area contributed by atoms with Gasteiger partial charge in [-0.3, -0.25) is 4.79 Å². The lowest BCUT2D eigenvalue weighted by molar-refractivity contribution is 0.112. The Kier molecular flexibility index (Phi) is 2.87. The maximum Gasteiger partial charge on any atom is 0.150 e. The van der Waals surface area contributed by atoms with Gasteiger partial charge in [-0.05, 0) is 34.0 Å². The Morgan fingerprint density at radius 3 is 2.75 bits per heavy atom. The smallest absolute Gasteiger partial charge is 0.150 e. The maximum absolute atomic E-state index is 10.6. The molecule has 0 aliphatic heterocycles. The Morgan fingerprint density at radius 2 is 2.25 bits per heavy atom. The number of aldehydes is 1. The van der Waals surface area contributed by atoms with Crippen molar-refractivity contribution in [2.75, 3.05) is 5.73 Å². The number of hydrogen-bond donors (Lipinski definition) is 1. The van der Waals surface area contributed by atoms with Gasteiger partial charge in [-0.25, -0.2) is 0 Å². The second kappa shape index (κ2) is 3.72. The highest BCUT2D eigenvalue weighted by Crippen LogP contribution is 2.25. The summed E-state index contributed by atoms with van der Waals surface area (Å²) in [6.45, 7) is 1.98. The van der Waals surface area contributed by atoms with Crippen LogP contribution in [0.4, 0.5) is 5.69 Å². The van der Waals surface area contributed by atoms with Crippen LogP contribution in [0.5, 0.6) is 0 Å². The van der Waals surface area contributed by atoms with Gasteiger partial charge < -0.3 is 5.73 Å². The van der Waals surface area contributed by atoms with E-state index in [9.17, 15) is 4.79 Å². The van der Waals surface area contributed by atoms with Crippen LogP contribution in [0.25, 0.3) is 0 Å². The molecule has 1 aromatic carbocycles. The van der Waals surface area contributed by atoms with Crippen LogP contribution < -0.4 is 5.73 Å². The fourth-order valence-electron chi connectivity index (χ4n) is 1.16. The summed E-state index contributed by atoms with van der Waals surface area (Å²) in [4.78, 5) is 10.6. The van der Waals surface area contributed by atoms with Gasteiger partial charge >= 0.3 is 0 Å². The van der Waals surface area contributed by atoms with Crippen molar-refractivity contribution in [1.82, 2.24) is 0 Å². The zero-order chi connectivity index (χ0) is 9.14. The number of rotatable bonds is 2. The molecule has 0 fully saturated rings. The van der Waals surface area contributed by atoms with E-state index in [1.54, 1.807) is 12.1 Å². The molecule has 1 aromatic rings. The Labute approximate surface area is 79.9 Å². The lowest BCUT2D eigenvalue weighted by Crippen LogP contribution is -1.98. The van der Waals surface area contributed by atoms with Crippen LogP contribution in [0.15, 0.2) is 16.6 Å². The molecule has 2 N–H and O–H groups in total. The van der Waals surface area contributed by atoms with Crippen LogP contribution in [0, 0.1) is 0 Å². The first-order valence-electron chi connectivity index (χ1n) is 3.72. The van der Waals surface area contributed by atoms with Gasteiger partial charge in [0, 0.05) is 15.7 Å². The standard InChI is InChI=1S/C9H10BrNO/c1-2-7-6(5-12)3-4-8(10)9(7)11/h3-5H,2,11H2,1H3. The number of halogens is 1. The van der Waals surface area contributed by atoms with Crippen molar-refractivity contribution in [3.8, 4) is 0 Å². The monoisotopic (exact) mass is 227 g/mol. The van der Waals surface area contributed by atoms with Crippen molar-refractivity contribution in [1.29, 1.82) is 0 Å². The quantitative estimate of drug-likeness (QED) is 0.623. The minimum absolute atomic E-state index is 0.669. The zero-order valence-corrected chi connectivity index (χ0v) is 8.39. The van der Waals surface area contributed by atoms with E-state index in [1.807, 2.05) is 6.92 Å². The summed E-state index contributed by atoms with van der Waals surface area (Å²) in [6, 6.07) is 3.56. The number of carbonyl (C=O) groups is 1. The van der Waals surface area contributed by atoms with E-state index in [1.165, 1.54) is 0 Å². The number of nitrogen functional groups attached to an aromatic ring is 1. The summed E-state index contributed by atoms with van der Waals surface area (Å²) < 4.78 is 0.852. The first-order valence-corrected chi connectivity index (χ1v) is 4.52. The summed E-state index contributed by atoms with van der Waals surface area (Å²) >= 11 is 3.31. The molecular formula is C9H10BrNO. The second-order valence-corrected chi connectivity index (χ2v) is 3.35. The van der Waals surface area contributed by atoms with Gasteiger partial charge in [-0.2, -0.15) is 0 Å². The topological polar surface area (TPSA) is 43.1 Å². The van der Waals surface area contributed by atoms with Gasteiger partial charge in [0.25, 0.3) is 0 Å². The van der Waals surface area contributed by atoms with E-state index in [2.05, 4.69) is 15.9 Å². The minimum Gasteiger partial charge on any atom is -0.398 e. The molecule has 3 heteroatoms. The highest BCUT2D eigenvalue weighted by atomic mass is 79.9. The molecule has 0 spiro atoms. The molecule has 0 aliphatic carbocycles. The van der Waals surface area contributed by atoms with Gasteiger partial charge in [0.2, 0.25) is 0 Å². The molecule has 0 radical (unpaired) electrons. The average Bonchev–Trinajstić information content (AvgIpc) is 2.09. The predicted octanol–water partition coefficient (Wildman–Crippen LogP) is 2.41. The second-order valence-electron chi connectivity index (χ2n) is 2.50. The molecule has 0 bridgehead atoms. The molecule has 0 amide bonds. The Morgan fingerprint density at radius 1 is 1.58 bits per heavy atom. The normalized spacial score (nSPS) is 9.83. The van der Waals surface area contributed by atoms with Crippen LogP contribution >= 0.6 is 15.9 Å². The van der Waals surface area contributed by atoms with Crippen molar-refractivity contribution in [3.05, 3.63) is 27.7 Å². The van der Waals surface area contributed by atoms with Crippen LogP contribution in [-0.2, 0) is 6.42 Å². The minimum atomic E-state index is 0.669. The first-order chi connectivity index (χ1) is 5.70. The third-order valence-corrected chi connectivity index (χ3v) is 2.51. The van der Waals surface area contributed by atoms with Crippen molar-refractivity contribution in [2.45, 2.75) is 13.3 Å². The molecule has 2 nitrogen and oxygen atoms in total. The third kappa shape index (κ3) is 1.50. The molecule has 0 saturated carbocycles. The van der Waals surface area contributed by atoms with Crippen LogP contribution in [0.2, 0.25) is 0 Å². The van der Waals surface area contributed by atoms with Gasteiger partial charge in [0.1, 0.15) is 6.29 Å². The molecule has 0 atom stereocenters. The van der Waals surface area contributed by atoms with E-state index in [0.717, 1.165) is 22.7 Å². The molecule has 0 unspecified atom stereocenters. The molecule has 0 heterocycles. The van der Waals surface area contributed by atoms with Crippen molar-refractivity contribution in [2.24, 2.45) is 0 Å². The highest BCUT2D eigenvalue weighted by molar-refractivity contribution is 9.10. The van der Waals surface area contributed by atoms with Gasteiger partial charge in [-0.15, -0.1) is 0 Å². The molecule has 0 aliphatic rings. The zero-order valence-electron chi connectivity index (χ0n) is 6.80. The van der Waals surface area contributed by atoms with E-state index in [0.29, 0.717) is 11.3 Å². The van der Waals surface area contributed by atoms with E-state index in [-0.39, 0.29) is 0 Å². The molecule has 0 aromatic heterocycles. The fraction of sp³-hybridized carbons (Fsp3) is 0.222. The highest BCUT2D eigenvalue weighted by Gasteiger charge is 2.06. The van der Waals surface area contributed by atoms with Gasteiger partial charge in [0.05, 0.1) is 0 Å². The Balaban J connectivity index is 3.35. The molecular weight excluding hydrogens is 218 g/mol. The number of nitrogens with two attached hydrogens (primary N) is 1. The number of anilines is 1. The van der Waals surface area contributed by atoms with Gasteiger partial charge in [0.15, 0.2) is 0 Å². The largest absolute Gasteiger partial charge is 0.398 e. The van der Waals surface area contributed by atoms with E-state index in [4.69, 9.17) is 5.73 Å². The first kappa shape index (κ1) is 9.26. The molecule has 0 saturated heterocycles. The lowest BCUT2D eigenvalue weighted by Gasteiger charge is -2.07. The van der Waals surface area contributed by atoms with E-state index >= 15 is 0 Å². The fourth-order valence-corrected chi connectivity index (χ4v) is 1.53. The van der Waals surface area contributed by atoms with E-state index < -0.39 is 0 Å². The summed E-state index contributed by atoms with van der Waals surface area (Å²) in [5.74, 6) is 0. The maximum atomic E-state index is 10.6. The van der Waals surface area contributed by atoms with Crippen molar-refractivity contribution < 1.29 is 4.79 Å². The SMILES string of the molecule is CCc1c(C=O)ccc(Br)c1N.